The zero-order valence-corrected chi connectivity index (χ0v) is 9.90. The van der Waals surface area contributed by atoms with E-state index >= 15 is 0 Å². The molecule has 1 aromatic rings. The fourth-order valence-corrected chi connectivity index (χ4v) is 2.83. The lowest BCUT2D eigenvalue weighted by molar-refractivity contribution is -0.110. The Hall–Kier alpha value is -0.930. The lowest BCUT2D eigenvalue weighted by Crippen LogP contribution is -1.87. The van der Waals surface area contributed by atoms with E-state index in [4.69, 9.17) is 0 Å². The summed E-state index contributed by atoms with van der Waals surface area (Å²) in [5.41, 5.74) is 1.07. The van der Waals surface area contributed by atoms with E-state index in [0.29, 0.717) is 0 Å². The highest BCUT2D eigenvalue weighted by atomic mass is 32.2. The molecule has 1 nitrogen and oxygen atoms in total. The van der Waals surface area contributed by atoms with Crippen LogP contribution in [-0.2, 0) is 4.79 Å². The summed E-state index contributed by atoms with van der Waals surface area (Å²) >= 11 is 3.16. The highest BCUT2D eigenvalue weighted by Crippen LogP contribution is 2.39. The van der Waals surface area contributed by atoms with Crippen molar-refractivity contribution >= 4 is 35.4 Å². The minimum absolute atomic E-state index is 0.119. The van der Waals surface area contributed by atoms with Crippen molar-refractivity contribution in [2.75, 3.05) is 6.26 Å². The summed E-state index contributed by atoms with van der Waals surface area (Å²) in [6.45, 7) is 0. The quantitative estimate of drug-likeness (QED) is 0.728. The molecule has 0 unspecified atom stereocenters. The normalized spacial score (nSPS) is 18.3. The molecule has 0 aromatic heterocycles. The van der Waals surface area contributed by atoms with Gasteiger partial charge in [0.05, 0.1) is 4.91 Å². The van der Waals surface area contributed by atoms with Crippen LogP contribution in [0.3, 0.4) is 0 Å². The maximum Gasteiger partial charge on any atom is 0.194 e. The van der Waals surface area contributed by atoms with Crippen molar-refractivity contribution in [3.05, 3.63) is 51.1 Å². The fourth-order valence-electron chi connectivity index (χ4n) is 1.27. The number of hydrogen-bond donors (Lipinski definition) is 0. The lowest BCUT2D eigenvalue weighted by Gasteiger charge is -1.96. The summed E-state index contributed by atoms with van der Waals surface area (Å²) in [6.07, 6.45) is 5.62. The monoisotopic (exact) mass is 234 g/mol. The molecule has 3 heteroatoms. The lowest BCUT2D eigenvalue weighted by atomic mass is 10.2. The van der Waals surface area contributed by atoms with E-state index < -0.39 is 0 Å². The van der Waals surface area contributed by atoms with Crippen molar-refractivity contribution in [3.8, 4) is 0 Å². The largest absolute Gasteiger partial charge is 0.289 e. The zero-order chi connectivity index (χ0) is 10.7. The van der Waals surface area contributed by atoms with Crippen LogP contribution in [0.5, 0.6) is 0 Å². The summed E-state index contributed by atoms with van der Waals surface area (Å²) < 4.78 is 1.07. The number of carbonyl (C=O) groups excluding carboxylic acids is 1. The first-order valence-corrected chi connectivity index (χ1v) is 6.58. The second kappa shape index (κ2) is 4.73. The first-order chi connectivity index (χ1) is 7.29. The minimum Gasteiger partial charge on any atom is -0.289 e. The molecule has 0 radical (unpaired) electrons. The molecular weight excluding hydrogens is 224 g/mol. The predicted octanol–water partition coefficient (Wildman–Crippen LogP) is 3.55. The SMILES string of the molecule is CSC1=CC(=O)/C(=C\c2ccccc2)S1. The van der Waals surface area contributed by atoms with Crippen LogP contribution in [0.1, 0.15) is 5.56 Å². The number of allylic oxidation sites excluding steroid dienone is 2. The van der Waals surface area contributed by atoms with Gasteiger partial charge < -0.3 is 0 Å². The average Bonchev–Trinajstić information content (AvgIpc) is 2.61. The van der Waals surface area contributed by atoms with Crippen LogP contribution < -0.4 is 0 Å². The molecule has 0 saturated carbocycles. The standard InChI is InChI=1S/C12H10OS2/c1-14-12-8-10(13)11(15-12)7-9-5-3-2-4-6-9/h2-8H,1H3/b11-7+. The van der Waals surface area contributed by atoms with Gasteiger partial charge in [-0.15, -0.1) is 11.8 Å². The second-order valence-corrected chi connectivity index (χ2v) is 5.24. The van der Waals surface area contributed by atoms with Gasteiger partial charge in [0, 0.05) is 10.3 Å². The Labute approximate surface area is 97.6 Å². The fraction of sp³-hybridized carbons (Fsp3) is 0.0833. The summed E-state index contributed by atoms with van der Waals surface area (Å²) in [5, 5.41) is 0. The topological polar surface area (TPSA) is 17.1 Å². The van der Waals surface area contributed by atoms with Gasteiger partial charge >= 0.3 is 0 Å². The summed E-state index contributed by atoms with van der Waals surface area (Å²) in [5.74, 6) is 0.119. The minimum atomic E-state index is 0.119. The van der Waals surface area contributed by atoms with Gasteiger partial charge in [0.2, 0.25) is 0 Å². The molecule has 0 bridgehead atoms. The number of thioether (sulfide) groups is 2. The van der Waals surface area contributed by atoms with E-state index in [2.05, 4.69) is 0 Å². The maximum absolute atomic E-state index is 11.6. The van der Waals surface area contributed by atoms with E-state index in [1.54, 1.807) is 29.6 Å². The summed E-state index contributed by atoms with van der Waals surface area (Å²) in [7, 11) is 0. The van der Waals surface area contributed by atoms with Crippen LogP contribution in [0.2, 0.25) is 0 Å². The molecule has 0 spiro atoms. The van der Waals surface area contributed by atoms with E-state index in [1.165, 1.54) is 0 Å². The number of ketones is 1. The molecule has 1 aliphatic rings. The smallest absolute Gasteiger partial charge is 0.194 e. The Balaban J connectivity index is 2.21. The maximum atomic E-state index is 11.6. The Kier molecular flexibility index (Phi) is 3.34. The zero-order valence-electron chi connectivity index (χ0n) is 8.27. The van der Waals surface area contributed by atoms with E-state index in [-0.39, 0.29) is 5.78 Å². The van der Waals surface area contributed by atoms with Crippen molar-refractivity contribution in [2.24, 2.45) is 0 Å². The molecule has 0 atom stereocenters. The highest BCUT2D eigenvalue weighted by molar-refractivity contribution is 8.24. The van der Waals surface area contributed by atoms with Gasteiger partial charge in [0.15, 0.2) is 5.78 Å². The van der Waals surface area contributed by atoms with Gasteiger partial charge in [-0.1, -0.05) is 42.1 Å². The Morgan fingerprint density at radius 2 is 2.00 bits per heavy atom. The highest BCUT2D eigenvalue weighted by Gasteiger charge is 2.18. The van der Waals surface area contributed by atoms with Gasteiger partial charge in [-0.25, -0.2) is 0 Å². The molecule has 0 aliphatic carbocycles. The van der Waals surface area contributed by atoms with Crippen molar-refractivity contribution in [1.29, 1.82) is 0 Å². The second-order valence-electron chi connectivity index (χ2n) is 3.05. The van der Waals surface area contributed by atoms with Gasteiger partial charge in [0.1, 0.15) is 0 Å². The van der Waals surface area contributed by atoms with Crippen LogP contribution in [0, 0.1) is 0 Å². The van der Waals surface area contributed by atoms with Crippen LogP contribution in [-0.4, -0.2) is 12.0 Å². The molecule has 0 N–H and O–H groups in total. The van der Waals surface area contributed by atoms with Crippen molar-refractivity contribution in [1.82, 2.24) is 0 Å². The van der Waals surface area contributed by atoms with Gasteiger partial charge in [0.25, 0.3) is 0 Å². The molecule has 2 rings (SSSR count). The van der Waals surface area contributed by atoms with Crippen LogP contribution >= 0.6 is 23.5 Å². The van der Waals surface area contributed by atoms with Crippen LogP contribution in [0.25, 0.3) is 6.08 Å². The third-order valence-electron chi connectivity index (χ3n) is 2.00. The van der Waals surface area contributed by atoms with Crippen molar-refractivity contribution in [2.45, 2.75) is 0 Å². The molecule has 0 saturated heterocycles. The van der Waals surface area contributed by atoms with Gasteiger partial charge in [-0.3, -0.25) is 4.79 Å². The number of rotatable bonds is 2. The van der Waals surface area contributed by atoms with E-state index in [1.807, 2.05) is 42.7 Å². The third kappa shape index (κ3) is 2.55. The number of hydrogen-bond acceptors (Lipinski definition) is 3. The predicted molar refractivity (Wildman–Crippen MR) is 68.6 cm³/mol. The average molecular weight is 234 g/mol. The van der Waals surface area contributed by atoms with E-state index in [9.17, 15) is 4.79 Å². The summed E-state index contributed by atoms with van der Waals surface area (Å²) in [4.78, 5) is 12.4. The molecule has 1 aromatic carbocycles. The first-order valence-electron chi connectivity index (χ1n) is 4.54. The third-order valence-corrected chi connectivity index (χ3v) is 4.13. The molecule has 76 valence electrons. The first kappa shape index (κ1) is 10.6. The molecule has 1 heterocycles. The Morgan fingerprint density at radius 1 is 1.27 bits per heavy atom. The van der Waals surface area contributed by atoms with Crippen LogP contribution in [0.15, 0.2) is 45.6 Å². The molecule has 1 aliphatic heterocycles. The van der Waals surface area contributed by atoms with E-state index in [0.717, 1.165) is 14.7 Å². The Bertz CT molecular complexity index is 432. The summed E-state index contributed by atoms with van der Waals surface area (Å²) in [6, 6.07) is 9.91. The number of carbonyl (C=O) groups is 1. The molecular formula is C12H10OS2. The van der Waals surface area contributed by atoms with Gasteiger partial charge in [-0.05, 0) is 17.9 Å². The molecule has 0 fully saturated rings. The molecule has 0 amide bonds. The van der Waals surface area contributed by atoms with Crippen LogP contribution in [0.4, 0.5) is 0 Å². The Morgan fingerprint density at radius 3 is 2.60 bits per heavy atom. The van der Waals surface area contributed by atoms with Crippen molar-refractivity contribution in [3.63, 3.8) is 0 Å². The van der Waals surface area contributed by atoms with Gasteiger partial charge in [-0.2, -0.15) is 0 Å². The van der Waals surface area contributed by atoms with Crippen molar-refractivity contribution < 1.29 is 4.79 Å². The number of benzene rings is 1. The molecule has 15 heavy (non-hydrogen) atoms.